The van der Waals surface area contributed by atoms with Gasteiger partial charge in [-0.1, -0.05) is 24.3 Å². The van der Waals surface area contributed by atoms with Crippen LogP contribution < -0.4 is 14.8 Å². The highest BCUT2D eigenvalue weighted by Gasteiger charge is 2.16. The molecular weight excluding hydrogens is 450 g/mol. The van der Waals surface area contributed by atoms with Crippen molar-refractivity contribution >= 4 is 23.8 Å². The molecule has 34 heavy (non-hydrogen) atoms. The van der Waals surface area contributed by atoms with E-state index in [4.69, 9.17) is 9.47 Å². The van der Waals surface area contributed by atoms with Gasteiger partial charge in [-0.05, 0) is 35.9 Å². The van der Waals surface area contributed by atoms with Crippen LogP contribution >= 0.6 is 0 Å². The Morgan fingerprint density at radius 2 is 1.97 bits per heavy atom. The van der Waals surface area contributed by atoms with Crippen molar-refractivity contribution in [2.24, 2.45) is 0 Å². The van der Waals surface area contributed by atoms with E-state index < -0.39 is 25.1 Å². The lowest BCUT2D eigenvalue weighted by Crippen LogP contribution is -2.22. The Hall–Kier alpha value is -4.72. The highest BCUT2D eigenvalue weighted by atomic mass is 19.3. The van der Waals surface area contributed by atoms with Gasteiger partial charge in [0.15, 0.2) is 23.9 Å². The first-order valence-corrected chi connectivity index (χ1v) is 9.72. The molecule has 0 aliphatic carbocycles. The number of nitrogens with one attached hydrogen (secondary N) is 1. The fourth-order valence-corrected chi connectivity index (χ4v) is 2.81. The van der Waals surface area contributed by atoms with Crippen molar-refractivity contribution in [3.05, 3.63) is 71.9 Å². The van der Waals surface area contributed by atoms with E-state index in [2.05, 4.69) is 15.2 Å². The number of para-hydroxylation sites is 1. The summed E-state index contributed by atoms with van der Waals surface area (Å²) in [7, 11) is 1.29. The van der Waals surface area contributed by atoms with Crippen LogP contribution in [0.3, 0.4) is 0 Å². The fourth-order valence-electron chi connectivity index (χ4n) is 2.81. The summed E-state index contributed by atoms with van der Waals surface area (Å²) in [5.41, 5.74) is 1.21. The molecule has 0 atom stereocenters. The zero-order valence-electron chi connectivity index (χ0n) is 17.8. The molecule has 0 fully saturated rings. The minimum Gasteiger partial charge on any atom is -0.493 e. The number of rotatable bonds is 9. The third kappa shape index (κ3) is 6.17. The number of aromatic nitrogens is 2. The standard InChI is InChI=1S/C23H18F2N4O5/c1-32-19-11-15(7-9-18(19)34-23(24)25)8-10-21(31)33-14-20(30)28-22-16(12-26)13-27-29(22)17-5-3-2-4-6-17/h2-11,13,23H,14H2,1H3,(H,28,30)/b10-8+. The lowest BCUT2D eigenvalue weighted by atomic mass is 10.2. The maximum atomic E-state index is 12.4. The molecule has 174 valence electrons. The SMILES string of the molecule is COc1cc(/C=C/C(=O)OCC(=O)Nc2c(C#N)cnn2-c2ccccc2)ccc1OC(F)F. The normalized spacial score (nSPS) is 10.7. The Bertz CT molecular complexity index is 1240. The van der Waals surface area contributed by atoms with Crippen LogP contribution in [0.5, 0.6) is 11.5 Å². The number of hydrogen-bond donors (Lipinski definition) is 1. The van der Waals surface area contributed by atoms with Crippen molar-refractivity contribution in [1.29, 1.82) is 5.26 Å². The Labute approximate surface area is 192 Å². The van der Waals surface area contributed by atoms with Gasteiger partial charge >= 0.3 is 12.6 Å². The molecule has 0 spiro atoms. The van der Waals surface area contributed by atoms with Crippen molar-refractivity contribution in [3.8, 4) is 23.3 Å². The van der Waals surface area contributed by atoms with Crippen LogP contribution in [0.4, 0.5) is 14.6 Å². The molecule has 0 radical (unpaired) electrons. The van der Waals surface area contributed by atoms with Gasteiger partial charge in [0.25, 0.3) is 5.91 Å². The summed E-state index contributed by atoms with van der Waals surface area (Å²) >= 11 is 0. The minimum atomic E-state index is -3.01. The average molecular weight is 468 g/mol. The molecule has 0 aliphatic rings. The van der Waals surface area contributed by atoms with Crippen molar-refractivity contribution in [3.63, 3.8) is 0 Å². The summed E-state index contributed by atoms with van der Waals surface area (Å²) in [5.74, 6) is -1.45. The van der Waals surface area contributed by atoms with Gasteiger partial charge in [0.2, 0.25) is 0 Å². The monoisotopic (exact) mass is 468 g/mol. The fraction of sp³-hybridized carbons (Fsp3) is 0.130. The number of carbonyl (C=O) groups is 2. The molecule has 3 rings (SSSR count). The van der Waals surface area contributed by atoms with Crippen LogP contribution in [0.25, 0.3) is 11.8 Å². The molecule has 1 N–H and O–H groups in total. The Balaban J connectivity index is 1.60. The van der Waals surface area contributed by atoms with Gasteiger partial charge in [0.1, 0.15) is 11.6 Å². The molecule has 1 heterocycles. The third-order valence-corrected chi connectivity index (χ3v) is 4.31. The van der Waals surface area contributed by atoms with Gasteiger partial charge < -0.3 is 19.5 Å². The van der Waals surface area contributed by atoms with E-state index in [1.54, 1.807) is 24.3 Å². The maximum Gasteiger partial charge on any atom is 0.387 e. The predicted molar refractivity (Wildman–Crippen MR) is 117 cm³/mol. The number of halogens is 2. The second-order valence-electron chi connectivity index (χ2n) is 6.54. The van der Waals surface area contributed by atoms with Crippen LogP contribution in [0.2, 0.25) is 0 Å². The summed E-state index contributed by atoms with van der Waals surface area (Å²) in [6, 6.07) is 14.9. The van der Waals surface area contributed by atoms with E-state index in [1.807, 2.05) is 12.1 Å². The molecule has 0 saturated carbocycles. The topological polar surface area (TPSA) is 115 Å². The van der Waals surface area contributed by atoms with E-state index in [0.717, 1.165) is 6.08 Å². The van der Waals surface area contributed by atoms with Crippen molar-refractivity contribution in [1.82, 2.24) is 9.78 Å². The molecule has 0 saturated heterocycles. The lowest BCUT2D eigenvalue weighted by molar-refractivity contribution is -0.142. The summed E-state index contributed by atoms with van der Waals surface area (Å²) in [6.45, 7) is -3.62. The van der Waals surface area contributed by atoms with Crippen molar-refractivity contribution < 1.29 is 32.6 Å². The van der Waals surface area contributed by atoms with Crippen LogP contribution in [0, 0.1) is 11.3 Å². The molecule has 0 bridgehead atoms. The molecular formula is C23H18F2N4O5. The number of anilines is 1. The number of nitriles is 1. The van der Waals surface area contributed by atoms with Gasteiger partial charge in [-0.3, -0.25) is 4.79 Å². The summed E-state index contributed by atoms with van der Waals surface area (Å²) in [6.07, 6.45) is 3.72. The summed E-state index contributed by atoms with van der Waals surface area (Å²) < 4.78 is 40.4. The first-order valence-electron chi connectivity index (χ1n) is 9.72. The van der Waals surface area contributed by atoms with E-state index in [0.29, 0.717) is 11.3 Å². The number of hydrogen-bond acceptors (Lipinski definition) is 7. The maximum absolute atomic E-state index is 12.4. The quantitative estimate of drug-likeness (QED) is 0.377. The smallest absolute Gasteiger partial charge is 0.387 e. The molecule has 11 heteroatoms. The van der Waals surface area contributed by atoms with Crippen molar-refractivity contribution in [2.45, 2.75) is 6.61 Å². The van der Waals surface area contributed by atoms with Crippen LogP contribution in [-0.4, -0.2) is 42.0 Å². The first kappa shape index (κ1) is 23.9. The Morgan fingerprint density at radius 1 is 1.21 bits per heavy atom. The van der Waals surface area contributed by atoms with E-state index >= 15 is 0 Å². The van der Waals surface area contributed by atoms with Gasteiger partial charge in [0.05, 0.1) is 19.0 Å². The zero-order chi connectivity index (χ0) is 24.5. The van der Waals surface area contributed by atoms with Gasteiger partial charge in [-0.2, -0.15) is 19.1 Å². The van der Waals surface area contributed by atoms with Crippen molar-refractivity contribution in [2.75, 3.05) is 19.0 Å². The number of esters is 1. The van der Waals surface area contributed by atoms with E-state index in [1.165, 1.54) is 42.3 Å². The summed E-state index contributed by atoms with van der Waals surface area (Å²) in [5, 5.41) is 15.9. The highest BCUT2D eigenvalue weighted by Crippen LogP contribution is 2.29. The number of amides is 1. The van der Waals surface area contributed by atoms with Crippen LogP contribution in [0.15, 0.2) is 60.8 Å². The van der Waals surface area contributed by atoms with Gasteiger partial charge in [0, 0.05) is 6.08 Å². The number of ether oxygens (including phenoxy) is 3. The molecule has 9 nitrogen and oxygen atoms in total. The highest BCUT2D eigenvalue weighted by molar-refractivity contribution is 5.95. The first-order chi connectivity index (χ1) is 16.4. The second kappa shape index (κ2) is 11.2. The van der Waals surface area contributed by atoms with E-state index in [9.17, 15) is 23.6 Å². The second-order valence-corrected chi connectivity index (χ2v) is 6.54. The molecule has 2 aromatic carbocycles. The molecule has 1 amide bonds. The minimum absolute atomic E-state index is 0.0542. The third-order valence-electron chi connectivity index (χ3n) is 4.31. The Kier molecular flexibility index (Phi) is 7.91. The Morgan fingerprint density at radius 3 is 2.65 bits per heavy atom. The number of carbonyl (C=O) groups excluding carboxylic acids is 2. The average Bonchev–Trinajstić information content (AvgIpc) is 3.24. The number of methoxy groups -OCH3 is 1. The van der Waals surface area contributed by atoms with Gasteiger partial charge in [-0.25, -0.2) is 9.48 Å². The number of benzene rings is 2. The number of alkyl halides is 2. The number of nitrogens with zero attached hydrogens (tertiary/aromatic N) is 3. The van der Waals surface area contributed by atoms with Crippen LogP contribution in [-0.2, 0) is 14.3 Å². The molecule has 0 aliphatic heterocycles. The summed E-state index contributed by atoms with van der Waals surface area (Å²) in [4.78, 5) is 24.3. The molecule has 3 aromatic rings. The van der Waals surface area contributed by atoms with Gasteiger partial charge in [-0.15, -0.1) is 0 Å². The van der Waals surface area contributed by atoms with E-state index in [-0.39, 0.29) is 22.9 Å². The van der Waals surface area contributed by atoms with Crippen LogP contribution in [0.1, 0.15) is 11.1 Å². The molecule has 0 unspecified atom stereocenters. The predicted octanol–water partition coefficient (Wildman–Crippen LogP) is 3.55. The largest absolute Gasteiger partial charge is 0.493 e. The lowest BCUT2D eigenvalue weighted by Gasteiger charge is -2.10. The molecule has 1 aromatic heterocycles. The zero-order valence-corrected chi connectivity index (χ0v) is 17.8.